The molecule has 0 unspecified atom stereocenters. The number of carbonyl (C=O) groups is 2. The number of anilines is 1. The van der Waals surface area contributed by atoms with E-state index in [4.69, 9.17) is 0 Å². The smallest absolute Gasteiger partial charge is 0.337 e. The second-order valence-electron chi connectivity index (χ2n) is 6.37. The lowest BCUT2D eigenvalue weighted by molar-refractivity contribution is 0.0600. The quantitative estimate of drug-likeness (QED) is 0.567. The fourth-order valence-electron chi connectivity index (χ4n) is 2.67. The number of hydrogen-bond donors (Lipinski definition) is 2. The monoisotopic (exact) mass is 424 g/mol. The summed E-state index contributed by atoms with van der Waals surface area (Å²) in [4.78, 5) is 23.8. The molecule has 0 aliphatic carbocycles. The zero-order valence-electron chi connectivity index (χ0n) is 16.2. The third-order valence-electron chi connectivity index (χ3n) is 4.28. The molecule has 0 radical (unpaired) electrons. The molecule has 0 fully saturated rings. The second-order valence-corrected chi connectivity index (χ2v) is 8.05. The summed E-state index contributed by atoms with van der Waals surface area (Å²) in [7, 11) is -2.43. The van der Waals surface area contributed by atoms with Gasteiger partial charge in [-0.25, -0.2) is 13.2 Å². The highest BCUT2D eigenvalue weighted by Crippen LogP contribution is 2.16. The number of ether oxygens (including phenoxy) is 1. The molecule has 0 heterocycles. The maximum atomic E-state index is 12.4. The summed E-state index contributed by atoms with van der Waals surface area (Å²) in [6.45, 7) is 0.260. The summed E-state index contributed by atoms with van der Waals surface area (Å²) in [6.07, 6.45) is 0. The topological polar surface area (TPSA) is 102 Å². The van der Waals surface area contributed by atoms with Crippen LogP contribution in [0.3, 0.4) is 0 Å². The van der Waals surface area contributed by atoms with E-state index in [-0.39, 0.29) is 17.3 Å². The summed E-state index contributed by atoms with van der Waals surface area (Å²) in [5.74, 6) is -0.769. The minimum absolute atomic E-state index is 0.0568. The maximum absolute atomic E-state index is 12.4. The number of carbonyl (C=O) groups excluding carboxylic acids is 2. The molecule has 3 aromatic carbocycles. The van der Waals surface area contributed by atoms with Gasteiger partial charge in [0.2, 0.25) is 0 Å². The van der Waals surface area contributed by atoms with Crippen molar-refractivity contribution in [3.63, 3.8) is 0 Å². The molecule has 3 rings (SSSR count). The Morgan fingerprint density at radius 3 is 2.03 bits per heavy atom. The molecule has 0 saturated carbocycles. The molecule has 0 aliphatic rings. The number of sulfonamides is 1. The molecule has 154 valence electrons. The standard InChI is InChI=1S/C22H20N2O5S/c1-29-22(26)18-9-7-16(8-10-18)15-23-21(25)17-11-13-20(14-12-17)30(27,28)24-19-5-3-2-4-6-19/h2-14,24H,15H2,1H3,(H,23,25). The fourth-order valence-corrected chi connectivity index (χ4v) is 3.73. The average Bonchev–Trinajstić information content (AvgIpc) is 2.77. The van der Waals surface area contributed by atoms with Crippen LogP contribution in [0.5, 0.6) is 0 Å². The first-order valence-corrected chi connectivity index (χ1v) is 10.5. The lowest BCUT2D eigenvalue weighted by Crippen LogP contribution is -2.23. The second kappa shape index (κ2) is 9.23. The number of esters is 1. The molecule has 0 saturated heterocycles. The van der Waals surface area contributed by atoms with Gasteiger partial charge in [0.1, 0.15) is 0 Å². The number of amides is 1. The van der Waals surface area contributed by atoms with Gasteiger partial charge in [0.15, 0.2) is 0 Å². The number of methoxy groups -OCH3 is 1. The van der Waals surface area contributed by atoms with Crippen molar-refractivity contribution >= 4 is 27.6 Å². The van der Waals surface area contributed by atoms with Crippen LogP contribution >= 0.6 is 0 Å². The van der Waals surface area contributed by atoms with Crippen molar-refractivity contribution in [3.8, 4) is 0 Å². The Morgan fingerprint density at radius 1 is 0.833 bits per heavy atom. The van der Waals surface area contributed by atoms with E-state index in [1.807, 2.05) is 0 Å². The molecule has 2 N–H and O–H groups in total. The van der Waals surface area contributed by atoms with Gasteiger partial charge < -0.3 is 10.1 Å². The van der Waals surface area contributed by atoms with Crippen molar-refractivity contribution in [2.45, 2.75) is 11.4 Å². The molecule has 1 amide bonds. The van der Waals surface area contributed by atoms with Gasteiger partial charge in [0.05, 0.1) is 17.6 Å². The van der Waals surface area contributed by atoms with Gasteiger partial charge in [0, 0.05) is 17.8 Å². The SMILES string of the molecule is COC(=O)c1ccc(CNC(=O)c2ccc(S(=O)(=O)Nc3ccccc3)cc2)cc1. The summed E-state index contributed by atoms with van der Waals surface area (Å²) in [5.41, 5.74) is 2.02. The summed E-state index contributed by atoms with van der Waals surface area (Å²) in [5, 5.41) is 2.76. The van der Waals surface area contributed by atoms with Gasteiger partial charge in [-0.3, -0.25) is 9.52 Å². The molecule has 8 heteroatoms. The van der Waals surface area contributed by atoms with E-state index >= 15 is 0 Å². The van der Waals surface area contributed by atoms with Crippen molar-refractivity contribution in [1.82, 2.24) is 5.32 Å². The average molecular weight is 424 g/mol. The van der Waals surface area contributed by atoms with Crippen molar-refractivity contribution in [2.24, 2.45) is 0 Å². The Kier molecular flexibility index (Phi) is 6.48. The molecule has 30 heavy (non-hydrogen) atoms. The zero-order chi connectivity index (χ0) is 21.6. The molecular formula is C22H20N2O5S. The largest absolute Gasteiger partial charge is 0.465 e. The van der Waals surface area contributed by atoms with E-state index in [2.05, 4.69) is 14.8 Å². The van der Waals surface area contributed by atoms with Crippen LogP contribution in [0.2, 0.25) is 0 Å². The summed E-state index contributed by atoms with van der Waals surface area (Å²) in [6, 6.07) is 20.9. The van der Waals surface area contributed by atoms with Crippen LogP contribution in [0.4, 0.5) is 5.69 Å². The van der Waals surface area contributed by atoms with Crippen molar-refractivity contribution in [2.75, 3.05) is 11.8 Å². The van der Waals surface area contributed by atoms with Crippen molar-refractivity contribution in [1.29, 1.82) is 0 Å². The van der Waals surface area contributed by atoms with Crippen LogP contribution in [0, 0.1) is 0 Å². The highest BCUT2D eigenvalue weighted by molar-refractivity contribution is 7.92. The maximum Gasteiger partial charge on any atom is 0.337 e. The van der Waals surface area contributed by atoms with E-state index in [1.54, 1.807) is 54.6 Å². The third-order valence-corrected chi connectivity index (χ3v) is 5.68. The molecule has 0 aromatic heterocycles. The highest BCUT2D eigenvalue weighted by Gasteiger charge is 2.15. The van der Waals surface area contributed by atoms with E-state index in [1.165, 1.54) is 31.4 Å². The Morgan fingerprint density at radius 2 is 1.43 bits per heavy atom. The Bertz CT molecular complexity index is 1130. The van der Waals surface area contributed by atoms with Gasteiger partial charge in [0.25, 0.3) is 15.9 Å². The molecule has 0 aliphatic heterocycles. The van der Waals surface area contributed by atoms with Crippen molar-refractivity contribution in [3.05, 3.63) is 95.6 Å². The first-order chi connectivity index (χ1) is 14.4. The van der Waals surface area contributed by atoms with Gasteiger partial charge in [-0.15, -0.1) is 0 Å². The first-order valence-electron chi connectivity index (χ1n) is 9.02. The molecule has 3 aromatic rings. The Hall–Kier alpha value is -3.65. The van der Waals surface area contributed by atoms with Gasteiger partial charge in [-0.05, 0) is 54.1 Å². The highest BCUT2D eigenvalue weighted by atomic mass is 32.2. The van der Waals surface area contributed by atoms with Crippen LogP contribution in [-0.4, -0.2) is 27.4 Å². The van der Waals surface area contributed by atoms with Crippen molar-refractivity contribution < 1.29 is 22.7 Å². The van der Waals surface area contributed by atoms with E-state index in [0.29, 0.717) is 16.8 Å². The predicted octanol–water partition coefficient (Wildman–Crippen LogP) is 3.20. The minimum Gasteiger partial charge on any atom is -0.465 e. The van der Waals surface area contributed by atoms with Crippen LogP contribution in [0.15, 0.2) is 83.8 Å². The van der Waals surface area contributed by atoms with Gasteiger partial charge >= 0.3 is 5.97 Å². The number of para-hydroxylation sites is 1. The van der Waals surface area contributed by atoms with E-state index in [9.17, 15) is 18.0 Å². The third kappa shape index (κ3) is 5.24. The number of benzene rings is 3. The molecule has 0 atom stereocenters. The van der Waals surface area contributed by atoms with Gasteiger partial charge in [-0.2, -0.15) is 0 Å². The van der Waals surface area contributed by atoms with Crippen LogP contribution < -0.4 is 10.0 Å². The number of rotatable bonds is 7. The van der Waals surface area contributed by atoms with Crippen LogP contribution in [0.1, 0.15) is 26.3 Å². The molecule has 0 bridgehead atoms. The van der Waals surface area contributed by atoms with E-state index in [0.717, 1.165) is 5.56 Å². The van der Waals surface area contributed by atoms with Gasteiger partial charge in [-0.1, -0.05) is 30.3 Å². The summed E-state index contributed by atoms with van der Waals surface area (Å²) >= 11 is 0. The van der Waals surface area contributed by atoms with Crippen LogP contribution in [0.25, 0.3) is 0 Å². The molecule has 7 nitrogen and oxygen atoms in total. The summed E-state index contributed by atoms with van der Waals surface area (Å²) < 4.78 is 32.0. The molecular weight excluding hydrogens is 404 g/mol. The Labute approximate surface area is 174 Å². The number of nitrogens with one attached hydrogen (secondary N) is 2. The van der Waals surface area contributed by atoms with E-state index < -0.39 is 16.0 Å². The lowest BCUT2D eigenvalue weighted by Gasteiger charge is -2.09. The Balaban J connectivity index is 1.61. The molecule has 0 spiro atoms. The van der Waals surface area contributed by atoms with Crippen LogP contribution in [-0.2, 0) is 21.3 Å². The first kappa shape index (κ1) is 21.1. The predicted molar refractivity (Wildman–Crippen MR) is 113 cm³/mol. The minimum atomic E-state index is -3.74. The lowest BCUT2D eigenvalue weighted by atomic mass is 10.1. The number of hydrogen-bond acceptors (Lipinski definition) is 5. The zero-order valence-corrected chi connectivity index (χ0v) is 17.0. The fraction of sp³-hybridized carbons (Fsp3) is 0.0909. The normalized spacial score (nSPS) is 10.8.